The Bertz CT molecular complexity index is 851. The number of aldehydes is 1. The van der Waals surface area contributed by atoms with Crippen molar-refractivity contribution in [1.82, 2.24) is 4.98 Å². The van der Waals surface area contributed by atoms with Gasteiger partial charge < -0.3 is 0 Å². The lowest BCUT2D eigenvalue weighted by molar-refractivity contribution is -0.116. The van der Waals surface area contributed by atoms with Crippen molar-refractivity contribution in [2.75, 3.05) is 0 Å². The zero-order valence-corrected chi connectivity index (χ0v) is 12.2. The topological polar surface area (TPSA) is 47.0 Å². The van der Waals surface area contributed by atoms with Gasteiger partial charge in [0.2, 0.25) is 0 Å². The van der Waals surface area contributed by atoms with E-state index < -0.39 is 0 Å². The monoisotopic (exact) mass is 289 g/mol. The van der Waals surface area contributed by atoms with E-state index in [0.29, 0.717) is 12.0 Å². The highest BCUT2D eigenvalue weighted by atomic mass is 16.1. The molecule has 0 spiro atoms. The molecule has 0 unspecified atom stereocenters. The Morgan fingerprint density at radius 3 is 2.50 bits per heavy atom. The first kappa shape index (κ1) is 14.1. The van der Waals surface area contributed by atoms with Crippen LogP contribution >= 0.6 is 0 Å². The number of aromatic nitrogens is 1. The number of pyridine rings is 1. The van der Waals surface area contributed by atoms with Crippen LogP contribution in [0.1, 0.15) is 22.8 Å². The largest absolute Gasteiger partial charge is 0.300 e. The fraction of sp³-hybridized carbons (Fsp3) is 0.105. The van der Waals surface area contributed by atoms with Crippen molar-refractivity contribution >= 4 is 23.0 Å². The quantitative estimate of drug-likeness (QED) is 0.685. The van der Waals surface area contributed by atoms with Crippen LogP contribution in [0.5, 0.6) is 0 Å². The van der Waals surface area contributed by atoms with Gasteiger partial charge >= 0.3 is 0 Å². The molecule has 0 saturated heterocycles. The molecule has 3 aromatic rings. The second-order valence-electron chi connectivity index (χ2n) is 5.31. The fourth-order valence-electron chi connectivity index (χ4n) is 2.53. The lowest BCUT2D eigenvalue weighted by Crippen LogP contribution is -1.96. The number of hydrogen-bond donors (Lipinski definition) is 0. The van der Waals surface area contributed by atoms with E-state index in [9.17, 15) is 9.59 Å². The lowest BCUT2D eigenvalue weighted by Gasteiger charge is -2.07. The first-order valence-corrected chi connectivity index (χ1v) is 7.11. The standard InChI is InChI=1S/C19H15NO2/c1-13(22)10-14-6-8-15(9-7-14)19-11-16(12-21)17-4-2-3-5-18(17)20-19/h2-9,11-12H,10H2,1H3. The van der Waals surface area contributed by atoms with Gasteiger partial charge in [0.05, 0.1) is 11.2 Å². The molecule has 0 saturated carbocycles. The number of benzene rings is 2. The molecule has 0 aliphatic carbocycles. The zero-order valence-electron chi connectivity index (χ0n) is 12.2. The van der Waals surface area contributed by atoms with E-state index in [1.807, 2.05) is 48.5 Å². The number of carbonyl (C=O) groups excluding carboxylic acids is 2. The van der Waals surface area contributed by atoms with Gasteiger partial charge in [-0.05, 0) is 24.6 Å². The highest BCUT2D eigenvalue weighted by Gasteiger charge is 2.07. The van der Waals surface area contributed by atoms with Crippen LogP contribution < -0.4 is 0 Å². The van der Waals surface area contributed by atoms with E-state index in [-0.39, 0.29) is 5.78 Å². The van der Waals surface area contributed by atoms with Crippen LogP contribution in [0.15, 0.2) is 54.6 Å². The third-order valence-corrected chi connectivity index (χ3v) is 3.58. The van der Waals surface area contributed by atoms with Crippen molar-refractivity contribution in [3.05, 3.63) is 65.7 Å². The van der Waals surface area contributed by atoms with Crippen LogP contribution in [0.25, 0.3) is 22.2 Å². The predicted octanol–water partition coefficient (Wildman–Crippen LogP) is 3.85. The van der Waals surface area contributed by atoms with Gasteiger partial charge in [-0.1, -0.05) is 42.5 Å². The first-order chi connectivity index (χ1) is 10.7. The average Bonchev–Trinajstić information content (AvgIpc) is 2.54. The molecule has 0 atom stereocenters. The van der Waals surface area contributed by atoms with Crippen molar-refractivity contribution < 1.29 is 9.59 Å². The summed E-state index contributed by atoms with van der Waals surface area (Å²) in [5, 5.41) is 0.856. The molecule has 108 valence electrons. The smallest absolute Gasteiger partial charge is 0.150 e. The molecule has 3 rings (SSSR count). The van der Waals surface area contributed by atoms with Gasteiger partial charge in [-0.15, -0.1) is 0 Å². The van der Waals surface area contributed by atoms with Crippen molar-refractivity contribution in [2.45, 2.75) is 13.3 Å². The molecule has 0 radical (unpaired) electrons. The molecule has 0 aliphatic rings. The van der Waals surface area contributed by atoms with Gasteiger partial charge in [0.25, 0.3) is 0 Å². The molecule has 2 aromatic carbocycles. The summed E-state index contributed by atoms with van der Waals surface area (Å²) in [6, 6.07) is 17.1. The molecule has 22 heavy (non-hydrogen) atoms. The number of para-hydroxylation sites is 1. The minimum atomic E-state index is 0.139. The maximum Gasteiger partial charge on any atom is 0.150 e. The van der Waals surface area contributed by atoms with Gasteiger partial charge in [0.15, 0.2) is 6.29 Å². The Morgan fingerprint density at radius 2 is 1.82 bits per heavy atom. The van der Waals surface area contributed by atoms with E-state index >= 15 is 0 Å². The van der Waals surface area contributed by atoms with Crippen LogP contribution in [-0.4, -0.2) is 17.1 Å². The summed E-state index contributed by atoms with van der Waals surface area (Å²) in [5.74, 6) is 0.139. The third kappa shape index (κ3) is 2.79. The highest BCUT2D eigenvalue weighted by Crippen LogP contribution is 2.24. The molecule has 3 nitrogen and oxygen atoms in total. The van der Waals surface area contributed by atoms with Gasteiger partial charge in [-0.25, -0.2) is 4.98 Å². The summed E-state index contributed by atoms with van der Waals surface area (Å²) in [6.45, 7) is 1.58. The summed E-state index contributed by atoms with van der Waals surface area (Å²) in [5.41, 5.74) is 4.10. The number of nitrogens with zero attached hydrogens (tertiary/aromatic N) is 1. The predicted molar refractivity (Wildman–Crippen MR) is 87.0 cm³/mol. The number of rotatable bonds is 4. The average molecular weight is 289 g/mol. The Balaban J connectivity index is 2.06. The molecule has 0 N–H and O–H groups in total. The molecule has 3 heteroatoms. The van der Waals surface area contributed by atoms with Crippen molar-refractivity contribution in [2.24, 2.45) is 0 Å². The van der Waals surface area contributed by atoms with Crippen molar-refractivity contribution in [1.29, 1.82) is 0 Å². The van der Waals surface area contributed by atoms with Gasteiger partial charge in [0, 0.05) is 22.9 Å². The molecule has 1 aromatic heterocycles. The maximum atomic E-state index is 11.3. The fourth-order valence-corrected chi connectivity index (χ4v) is 2.53. The van der Waals surface area contributed by atoms with E-state index in [0.717, 1.165) is 34.0 Å². The molecule has 0 fully saturated rings. The van der Waals surface area contributed by atoms with Crippen molar-refractivity contribution in [3.63, 3.8) is 0 Å². The van der Waals surface area contributed by atoms with E-state index in [1.165, 1.54) is 0 Å². The molecular formula is C19H15NO2. The maximum absolute atomic E-state index is 11.3. The number of carbonyl (C=O) groups is 2. The van der Waals surface area contributed by atoms with E-state index in [4.69, 9.17) is 0 Å². The molecule has 1 heterocycles. The van der Waals surface area contributed by atoms with Crippen LogP contribution in [0.2, 0.25) is 0 Å². The second-order valence-corrected chi connectivity index (χ2v) is 5.31. The van der Waals surface area contributed by atoms with E-state index in [2.05, 4.69) is 4.98 Å². The Morgan fingerprint density at radius 1 is 1.09 bits per heavy atom. The Hall–Kier alpha value is -2.81. The summed E-state index contributed by atoms with van der Waals surface area (Å²) in [7, 11) is 0. The lowest BCUT2D eigenvalue weighted by atomic mass is 10.0. The van der Waals surface area contributed by atoms with Crippen LogP contribution in [0, 0.1) is 0 Å². The molecule has 0 bridgehead atoms. The first-order valence-electron chi connectivity index (χ1n) is 7.11. The molecular weight excluding hydrogens is 274 g/mol. The van der Waals surface area contributed by atoms with Gasteiger partial charge in [0.1, 0.15) is 5.78 Å². The number of ketones is 1. The second kappa shape index (κ2) is 5.90. The minimum Gasteiger partial charge on any atom is -0.300 e. The molecule has 0 aliphatic heterocycles. The summed E-state index contributed by atoms with van der Waals surface area (Å²) >= 11 is 0. The summed E-state index contributed by atoms with van der Waals surface area (Å²) in [6.07, 6.45) is 1.29. The minimum absolute atomic E-state index is 0.139. The normalized spacial score (nSPS) is 10.6. The zero-order chi connectivity index (χ0) is 15.5. The van der Waals surface area contributed by atoms with Crippen LogP contribution in [0.3, 0.4) is 0 Å². The number of hydrogen-bond acceptors (Lipinski definition) is 3. The SMILES string of the molecule is CC(=O)Cc1ccc(-c2cc(C=O)c3ccccc3n2)cc1. The highest BCUT2D eigenvalue weighted by molar-refractivity contribution is 5.98. The number of Topliss-reactive ketones (excluding diaryl/α,β-unsaturated/α-hetero) is 1. The molecule has 0 amide bonds. The van der Waals surface area contributed by atoms with Gasteiger partial charge in [-0.2, -0.15) is 0 Å². The Labute approximate surface area is 128 Å². The third-order valence-electron chi connectivity index (χ3n) is 3.58. The van der Waals surface area contributed by atoms with Crippen molar-refractivity contribution in [3.8, 4) is 11.3 Å². The number of fused-ring (bicyclic) bond motifs is 1. The Kier molecular flexibility index (Phi) is 3.79. The van der Waals surface area contributed by atoms with E-state index in [1.54, 1.807) is 13.0 Å². The van der Waals surface area contributed by atoms with Crippen LogP contribution in [-0.2, 0) is 11.2 Å². The summed E-state index contributed by atoms with van der Waals surface area (Å²) < 4.78 is 0. The summed E-state index contributed by atoms with van der Waals surface area (Å²) in [4.78, 5) is 27.1. The van der Waals surface area contributed by atoms with Gasteiger partial charge in [-0.3, -0.25) is 9.59 Å². The van der Waals surface area contributed by atoms with Crippen LogP contribution in [0.4, 0.5) is 0 Å².